The molecule has 2 aliphatic heterocycles. The van der Waals surface area contributed by atoms with Gasteiger partial charge in [-0.1, -0.05) is 22.0 Å². The van der Waals surface area contributed by atoms with Crippen molar-refractivity contribution >= 4 is 45.0 Å². The molecular formula is C22H20BrN3O6. The zero-order valence-electron chi connectivity index (χ0n) is 17.0. The monoisotopic (exact) mass is 501 g/mol. The van der Waals surface area contributed by atoms with Crippen LogP contribution in [0.5, 0.6) is 0 Å². The maximum absolute atomic E-state index is 13.4. The molecule has 2 aliphatic rings. The number of carbonyl (C=O) groups excluding carboxylic acids is 3. The molecule has 0 N–H and O–H groups in total. The molecule has 2 atom stereocenters. The Morgan fingerprint density at radius 1 is 1.22 bits per heavy atom. The van der Waals surface area contributed by atoms with Crippen molar-refractivity contribution in [1.82, 2.24) is 4.90 Å². The van der Waals surface area contributed by atoms with Gasteiger partial charge in [0.2, 0.25) is 5.91 Å². The van der Waals surface area contributed by atoms with E-state index >= 15 is 0 Å². The largest absolute Gasteiger partial charge is 0.376 e. The highest BCUT2D eigenvalue weighted by atomic mass is 79.9. The lowest BCUT2D eigenvalue weighted by Crippen LogP contribution is -2.48. The normalized spacial score (nSPS) is 20.6. The number of nitrogens with zero attached hydrogens (tertiary/aromatic N) is 3. The number of carbonyl (C=O) groups is 3. The van der Waals surface area contributed by atoms with E-state index in [1.54, 1.807) is 24.3 Å². The highest BCUT2D eigenvalue weighted by Crippen LogP contribution is 2.29. The number of imide groups is 1. The smallest absolute Gasteiger partial charge is 0.270 e. The van der Waals surface area contributed by atoms with Gasteiger partial charge in [-0.15, -0.1) is 0 Å². The molecular weight excluding hydrogens is 482 g/mol. The molecule has 2 unspecified atom stereocenters. The number of non-ortho nitro benzene ring substituents is 1. The Morgan fingerprint density at radius 2 is 1.97 bits per heavy atom. The first-order valence-corrected chi connectivity index (χ1v) is 10.9. The van der Waals surface area contributed by atoms with E-state index in [0.29, 0.717) is 12.3 Å². The summed E-state index contributed by atoms with van der Waals surface area (Å²) < 4.78 is 6.46. The number of amides is 3. The summed E-state index contributed by atoms with van der Waals surface area (Å²) in [6.07, 6.45) is 1.14. The average molecular weight is 502 g/mol. The molecule has 2 heterocycles. The van der Waals surface area contributed by atoms with Crippen LogP contribution in [0.15, 0.2) is 53.0 Å². The summed E-state index contributed by atoms with van der Waals surface area (Å²) in [5.74, 6) is -1.46. The van der Waals surface area contributed by atoms with Crippen molar-refractivity contribution in [3.8, 4) is 0 Å². The Kier molecular flexibility index (Phi) is 6.33. The van der Waals surface area contributed by atoms with Crippen LogP contribution in [0.2, 0.25) is 0 Å². The number of hydrogen-bond donors (Lipinski definition) is 0. The number of nitro groups is 1. The van der Waals surface area contributed by atoms with E-state index in [1.807, 2.05) is 0 Å². The minimum atomic E-state index is -1.01. The van der Waals surface area contributed by atoms with Gasteiger partial charge in [-0.05, 0) is 43.2 Å². The van der Waals surface area contributed by atoms with Gasteiger partial charge in [-0.2, -0.15) is 0 Å². The molecule has 166 valence electrons. The third-order valence-electron chi connectivity index (χ3n) is 5.57. The lowest BCUT2D eigenvalue weighted by Gasteiger charge is -2.29. The topological polar surface area (TPSA) is 110 Å². The number of hydrogen-bond acceptors (Lipinski definition) is 6. The van der Waals surface area contributed by atoms with Crippen LogP contribution >= 0.6 is 15.9 Å². The van der Waals surface area contributed by atoms with Crippen LogP contribution in [0.1, 0.15) is 29.6 Å². The molecule has 2 fully saturated rings. The van der Waals surface area contributed by atoms with E-state index in [0.717, 1.165) is 22.2 Å². The van der Waals surface area contributed by atoms with Crippen LogP contribution in [0.4, 0.5) is 11.4 Å². The fraction of sp³-hybridized carbons (Fsp3) is 0.318. The summed E-state index contributed by atoms with van der Waals surface area (Å²) in [5.41, 5.74) is 0.281. The molecule has 4 rings (SSSR count). The second kappa shape index (κ2) is 9.17. The molecule has 10 heteroatoms. The molecule has 2 aromatic carbocycles. The SMILES string of the molecule is O=C1CC(N(CC2CCCO2)C(=O)c2cccc([N+](=O)[O-])c2)C(=O)N1c1ccc(Br)cc1. The van der Waals surface area contributed by atoms with Gasteiger partial charge in [-0.3, -0.25) is 24.5 Å². The van der Waals surface area contributed by atoms with Gasteiger partial charge < -0.3 is 9.64 Å². The molecule has 0 aromatic heterocycles. The van der Waals surface area contributed by atoms with Crippen LogP contribution in [-0.2, 0) is 14.3 Å². The summed E-state index contributed by atoms with van der Waals surface area (Å²) in [5, 5.41) is 11.2. The van der Waals surface area contributed by atoms with Crippen molar-refractivity contribution in [3.05, 3.63) is 68.7 Å². The summed E-state index contributed by atoms with van der Waals surface area (Å²) in [6, 6.07) is 11.1. The first kappa shape index (κ1) is 22.1. The molecule has 0 aliphatic carbocycles. The molecule has 2 aromatic rings. The van der Waals surface area contributed by atoms with Crippen LogP contribution in [0.3, 0.4) is 0 Å². The van der Waals surface area contributed by atoms with E-state index in [1.165, 1.54) is 29.2 Å². The summed E-state index contributed by atoms with van der Waals surface area (Å²) in [6.45, 7) is 0.686. The molecule has 0 spiro atoms. The lowest BCUT2D eigenvalue weighted by atomic mass is 10.1. The number of halogens is 1. The molecule has 2 saturated heterocycles. The summed E-state index contributed by atoms with van der Waals surface area (Å²) >= 11 is 3.33. The van der Waals surface area contributed by atoms with Crippen LogP contribution in [-0.4, -0.2) is 52.8 Å². The van der Waals surface area contributed by atoms with Crippen LogP contribution in [0.25, 0.3) is 0 Å². The lowest BCUT2D eigenvalue weighted by molar-refractivity contribution is -0.384. The highest BCUT2D eigenvalue weighted by Gasteiger charge is 2.45. The van der Waals surface area contributed by atoms with Gasteiger partial charge in [-0.25, -0.2) is 4.90 Å². The highest BCUT2D eigenvalue weighted by molar-refractivity contribution is 9.10. The molecule has 0 saturated carbocycles. The Bertz CT molecular complexity index is 1070. The van der Waals surface area contributed by atoms with Gasteiger partial charge in [0.25, 0.3) is 17.5 Å². The zero-order chi connectivity index (χ0) is 22.8. The minimum absolute atomic E-state index is 0.0829. The van der Waals surface area contributed by atoms with Crippen molar-refractivity contribution < 1.29 is 24.0 Å². The minimum Gasteiger partial charge on any atom is -0.376 e. The van der Waals surface area contributed by atoms with Gasteiger partial charge in [0.05, 0.1) is 23.1 Å². The van der Waals surface area contributed by atoms with Gasteiger partial charge in [0.1, 0.15) is 6.04 Å². The molecule has 9 nitrogen and oxygen atoms in total. The van der Waals surface area contributed by atoms with E-state index in [2.05, 4.69) is 15.9 Å². The van der Waals surface area contributed by atoms with Gasteiger partial charge in [0, 0.05) is 35.3 Å². The standard InChI is InChI=1S/C22H20BrN3O6/c23-15-6-8-16(9-7-15)25-20(27)12-19(22(25)29)24(13-18-5-2-10-32-18)21(28)14-3-1-4-17(11-14)26(30)31/h1,3-4,6-9,11,18-19H,2,5,10,12-13H2. The van der Waals surface area contributed by atoms with Gasteiger partial charge >= 0.3 is 0 Å². The maximum Gasteiger partial charge on any atom is 0.270 e. The first-order chi connectivity index (χ1) is 15.3. The van der Waals surface area contributed by atoms with Crippen molar-refractivity contribution in [2.45, 2.75) is 31.4 Å². The Hall–Kier alpha value is -3.11. The number of benzene rings is 2. The second-order valence-corrected chi connectivity index (χ2v) is 8.58. The van der Waals surface area contributed by atoms with Crippen molar-refractivity contribution in [2.75, 3.05) is 18.1 Å². The van der Waals surface area contributed by atoms with Crippen LogP contribution < -0.4 is 4.90 Å². The summed E-state index contributed by atoms with van der Waals surface area (Å²) in [4.78, 5) is 52.4. The van der Waals surface area contributed by atoms with E-state index in [-0.39, 0.29) is 30.3 Å². The Labute approximate surface area is 192 Å². The fourth-order valence-electron chi connectivity index (χ4n) is 4.00. The summed E-state index contributed by atoms with van der Waals surface area (Å²) in [7, 11) is 0. The predicted octanol–water partition coefficient (Wildman–Crippen LogP) is 3.31. The molecule has 3 amide bonds. The molecule has 32 heavy (non-hydrogen) atoms. The van der Waals surface area contributed by atoms with Gasteiger partial charge in [0.15, 0.2) is 0 Å². The van der Waals surface area contributed by atoms with Crippen LogP contribution in [0, 0.1) is 10.1 Å². The first-order valence-electron chi connectivity index (χ1n) is 10.1. The average Bonchev–Trinajstić information content (AvgIpc) is 3.40. The van der Waals surface area contributed by atoms with Crippen molar-refractivity contribution in [3.63, 3.8) is 0 Å². The third-order valence-corrected chi connectivity index (χ3v) is 6.10. The quantitative estimate of drug-likeness (QED) is 0.341. The Balaban J connectivity index is 1.65. The number of ether oxygens (including phenoxy) is 1. The van der Waals surface area contributed by atoms with Crippen molar-refractivity contribution in [1.29, 1.82) is 0 Å². The van der Waals surface area contributed by atoms with E-state index in [4.69, 9.17) is 4.74 Å². The van der Waals surface area contributed by atoms with Crippen molar-refractivity contribution in [2.24, 2.45) is 0 Å². The number of rotatable bonds is 6. The van der Waals surface area contributed by atoms with E-state index < -0.39 is 28.7 Å². The Morgan fingerprint density at radius 3 is 2.62 bits per heavy atom. The zero-order valence-corrected chi connectivity index (χ0v) is 18.6. The fourth-order valence-corrected chi connectivity index (χ4v) is 4.26. The second-order valence-electron chi connectivity index (χ2n) is 7.66. The predicted molar refractivity (Wildman–Crippen MR) is 118 cm³/mol. The maximum atomic E-state index is 13.4. The molecule has 0 bridgehead atoms. The van der Waals surface area contributed by atoms with E-state index in [9.17, 15) is 24.5 Å². The number of nitro benzene ring substituents is 1. The number of anilines is 1. The molecule has 0 radical (unpaired) electrons. The third kappa shape index (κ3) is 4.42.